The van der Waals surface area contributed by atoms with Crippen molar-refractivity contribution < 1.29 is 13.9 Å². The van der Waals surface area contributed by atoms with Crippen molar-refractivity contribution in [3.05, 3.63) is 34.1 Å². The minimum atomic E-state index is -0.492. The highest BCUT2D eigenvalue weighted by atomic mass is 79.9. The van der Waals surface area contributed by atoms with Crippen molar-refractivity contribution in [3.8, 4) is 0 Å². The van der Waals surface area contributed by atoms with Crippen molar-refractivity contribution in [1.29, 1.82) is 0 Å². The van der Waals surface area contributed by atoms with Crippen LogP contribution in [0, 0.1) is 5.82 Å². The van der Waals surface area contributed by atoms with Crippen LogP contribution in [0.3, 0.4) is 0 Å². The summed E-state index contributed by atoms with van der Waals surface area (Å²) in [6.07, 6.45) is 0.899. The fraction of sp³-hybridized carbons (Fsp3) is 0.462. The molecule has 1 aliphatic heterocycles. The minimum Gasteiger partial charge on any atom is -0.375 e. The fourth-order valence-electron chi connectivity index (χ4n) is 2.01. The molecular formula is C13H15BrFNO2. The van der Waals surface area contributed by atoms with Gasteiger partial charge in [-0.15, -0.1) is 0 Å². The van der Waals surface area contributed by atoms with Crippen LogP contribution in [0.1, 0.15) is 23.7 Å². The first-order valence-electron chi connectivity index (χ1n) is 5.98. The zero-order chi connectivity index (χ0) is 13.1. The van der Waals surface area contributed by atoms with E-state index in [1.807, 2.05) is 6.92 Å². The van der Waals surface area contributed by atoms with Gasteiger partial charge < -0.3 is 9.64 Å². The zero-order valence-corrected chi connectivity index (χ0v) is 11.7. The molecule has 0 aliphatic carbocycles. The Morgan fingerprint density at radius 3 is 3.06 bits per heavy atom. The van der Waals surface area contributed by atoms with E-state index >= 15 is 0 Å². The van der Waals surface area contributed by atoms with Crippen molar-refractivity contribution in [2.24, 2.45) is 0 Å². The Morgan fingerprint density at radius 1 is 1.61 bits per heavy atom. The van der Waals surface area contributed by atoms with Gasteiger partial charge in [-0.25, -0.2) is 4.39 Å². The van der Waals surface area contributed by atoms with Crippen molar-refractivity contribution in [1.82, 2.24) is 4.90 Å². The van der Waals surface area contributed by atoms with E-state index < -0.39 is 5.82 Å². The normalized spacial score (nSPS) is 19.9. The summed E-state index contributed by atoms with van der Waals surface area (Å²) in [6, 6.07) is 4.55. The number of halogens is 2. The van der Waals surface area contributed by atoms with E-state index in [4.69, 9.17) is 4.74 Å². The van der Waals surface area contributed by atoms with Crippen LogP contribution in [0.5, 0.6) is 0 Å². The summed E-state index contributed by atoms with van der Waals surface area (Å²) >= 11 is 3.23. The van der Waals surface area contributed by atoms with Gasteiger partial charge in [-0.1, -0.05) is 13.0 Å². The lowest BCUT2D eigenvalue weighted by Gasteiger charge is -2.32. The number of morpholine rings is 1. The number of amides is 1. The van der Waals surface area contributed by atoms with Crippen LogP contribution in [-0.2, 0) is 4.74 Å². The summed E-state index contributed by atoms with van der Waals surface area (Å²) in [5, 5.41) is 0. The molecule has 0 radical (unpaired) electrons. The fourth-order valence-corrected chi connectivity index (χ4v) is 2.52. The smallest absolute Gasteiger partial charge is 0.258 e. The first-order valence-corrected chi connectivity index (χ1v) is 6.77. The molecule has 1 aromatic rings. The van der Waals surface area contributed by atoms with E-state index in [2.05, 4.69) is 15.9 Å². The van der Waals surface area contributed by atoms with Gasteiger partial charge in [0.05, 0.1) is 18.3 Å². The van der Waals surface area contributed by atoms with Gasteiger partial charge in [0, 0.05) is 17.6 Å². The highest BCUT2D eigenvalue weighted by Crippen LogP contribution is 2.22. The predicted molar refractivity (Wildman–Crippen MR) is 70.0 cm³/mol. The maximum Gasteiger partial charge on any atom is 0.258 e. The standard InChI is InChI=1S/C13H15BrFNO2/c1-2-9-8-16(6-7-18-9)13(17)12-10(14)4-3-5-11(12)15/h3-5,9H,2,6-8H2,1H3. The molecule has 0 saturated carbocycles. The summed E-state index contributed by atoms with van der Waals surface area (Å²) in [4.78, 5) is 14.0. The Kier molecular flexibility index (Phi) is 4.35. The van der Waals surface area contributed by atoms with Crippen LogP contribution >= 0.6 is 15.9 Å². The van der Waals surface area contributed by atoms with Gasteiger partial charge in [0.2, 0.25) is 0 Å². The third kappa shape index (κ3) is 2.72. The molecule has 0 spiro atoms. The second kappa shape index (κ2) is 5.80. The van der Waals surface area contributed by atoms with Crippen LogP contribution < -0.4 is 0 Å². The molecule has 1 fully saturated rings. The lowest BCUT2D eigenvalue weighted by atomic mass is 10.1. The molecule has 2 rings (SSSR count). The summed E-state index contributed by atoms with van der Waals surface area (Å²) in [6.45, 7) is 3.56. The topological polar surface area (TPSA) is 29.5 Å². The number of benzene rings is 1. The highest BCUT2D eigenvalue weighted by Gasteiger charge is 2.26. The molecule has 1 aromatic carbocycles. The van der Waals surface area contributed by atoms with E-state index in [1.165, 1.54) is 6.07 Å². The Morgan fingerprint density at radius 2 is 2.39 bits per heavy atom. The van der Waals surface area contributed by atoms with Crippen LogP contribution in [-0.4, -0.2) is 36.6 Å². The third-order valence-electron chi connectivity index (χ3n) is 3.06. The molecule has 1 atom stereocenters. The minimum absolute atomic E-state index is 0.0493. The summed E-state index contributed by atoms with van der Waals surface area (Å²) in [5.41, 5.74) is 0.106. The Labute approximate surface area is 114 Å². The van der Waals surface area contributed by atoms with E-state index in [0.29, 0.717) is 24.2 Å². The lowest BCUT2D eigenvalue weighted by Crippen LogP contribution is -2.45. The maximum atomic E-state index is 13.7. The van der Waals surface area contributed by atoms with Gasteiger partial charge in [-0.05, 0) is 34.5 Å². The summed E-state index contributed by atoms with van der Waals surface area (Å²) < 4.78 is 19.7. The second-order valence-electron chi connectivity index (χ2n) is 4.25. The average molecular weight is 316 g/mol. The molecule has 0 bridgehead atoms. The van der Waals surface area contributed by atoms with Gasteiger partial charge in [-0.2, -0.15) is 0 Å². The zero-order valence-electron chi connectivity index (χ0n) is 10.2. The molecule has 5 heteroatoms. The number of hydrogen-bond acceptors (Lipinski definition) is 2. The van der Waals surface area contributed by atoms with Crippen LogP contribution in [0.15, 0.2) is 22.7 Å². The molecule has 0 aromatic heterocycles. The highest BCUT2D eigenvalue weighted by molar-refractivity contribution is 9.10. The van der Waals surface area contributed by atoms with Gasteiger partial charge >= 0.3 is 0 Å². The van der Waals surface area contributed by atoms with E-state index in [0.717, 1.165) is 6.42 Å². The molecule has 98 valence electrons. The van der Waals surface area contributed by atoms with Crippen molar-refractivity contribution in [2.75, 3.05) is 19.7 Å². The van der Waals surface area contributed by atoms with Crippen LogP contribution in [0.4, 0.5) is 4.39 Å². The van der Waals surface area contributed by atoms with E-state index in [9.17, 15) is 9.18 Å². The Hall–Kier alpha value is -0.940. The molecule has 3 nitrogen and oxygen atoms in total. The molecule has 1 amide bonds. The van der Waals surface area contributed by atoms with Gasteiger partial charge in [0.25, 0.3) is 5.91 Å². The van der Waals surface area contributed by atoms with Gasteiger partial charge in [0.1, 0.15) is 5.82 Å². The molecule has 18 heavy (non-hydrogen) atoms. The molecule has 1 aliphatic rings. The Balaban J connectivity index is 2.20. The van der Waals surface area contributed by atoms with Crippen molar-refractivity contribution >= 4 is 21.8 Å². The summed E-state index contributed by atoms with van der Waals surface area (Å²) in [7, 11) is 0. The predicted octanol–water partition coefficient (Wildman–Crippen LogP) is 2.84. The Bertz CT molecular complexity index is 432. The number of rotatable bonds is 2. The van der Waals surface area contributed by atoms with Crippen LogP contribution in [0.2, 0.25) is 0 Å². The van der Waals surface area contributed by atoms with Gasteiger partial charge in [0.15, 0.2) is 0 Å². The number of carbonyl (C=O) groups is 1. The second-order valence-corrected chi connectivity index (χ2v) is 5.10. The van der Waals surface area contributed by atoms with Gasteiger partial charge in [-0.3, -0.25) is 4.79 Å². The van der Waals surface area contributed by atoms with Crippen LogP contribution in [0.25, 0.3) is 0 Å². The molecule has 1 heterocycles. The number of hydrogen-bond donors (Lipinski definition) is 0. The first-order chi connectivity index (χ1) is 8.63. The largest absolute Gasteiger partial charge is 0.375 e. The van der Waals surface area contributed by atoms with Crippen molar-refractivity contribution in [2.45, 2.75) is 19.4 Å². The quantitative estimate of drug-likeness (QED) is 0.840. The maximum absolute atomic E-state index is 13.7. The van der Waals surface area contributed by atoms with E-state index in [1.54, 1.807) is 17.0 Å². The van der Waals surface area contributed by atoms with Crippen molar-refractivity contribution in [3.63, 3.8) is 0 Å². The molecular weight excluding hydrogens is 301 g/mol. The molecule has 1 unspecified atom stereocenters. The molecule has 0 N–H and O–H groups in total. The molecule has 1 saturated heterocycles. The first kappa shape index (κ1) is 13.5. The number of carbonyl (C=O) groups excluding carboxylic acids is 1. The average Bonchev–Trinajstić information content (AvgIpc) is 2.38. The number of nitrogens with zero attached hydrogens (tertiary/aromatic N) is 1. The monoisotopic (exact) mass is 315 g/mol. The lowest BCUT2D eigenvalue weighted by molar-refractivity contribution is -0.0228. The number of ether oxygens (including phenoxy) is 1. The van der Waals surface area contributed by atoms with E-state index in [-0.39, 0.29) is 17.6 Å². The SMILES string of the molecule is CCC1CN(C(=O)c2c(F)cccc2Br)CCO1. The summed E-state index contributed by atoms with van der Waals surface area (Å²) in [5.74, 6) is -0.768. The third-order valence-corrected chi connectivity index (χ3v) is 3.72.